The summed E-state index contributed by atoms with van der Waals surface area (Å²) < 4.78 is 6.53. The van der Waals surface area contributed by atoms with Crippen molar-refractivity contribution in [1.29, 1.82) is 0 Å². The SMILES string of the molecule is Nc1[nH]ncc1COc1cccc(Br)c1. The number of H-pyrrole nitrogens is 1. The van der Waals surface area contributed by atoms with Gasteiger partial charge in [0.05, 0.1) is 11.8 Å². The molecule has 3 N–H and O–H groups in total. The lowest BCUT2D eigenvalue weighted by atomic mass is 10.3. The van der Waals surface area contributed by atoms with Crippen molar-refractivity contribution in [3.63, 3.8) is 0 Å². The summed E-state index contributed by atoms with van der Waals surface area (Å²) in [7, 11) is 0. The fraction of sp³-hybridized carbons (Fsp3) is 0.100. The number of aromatic amines is 1. The summed E-state index contributed by atoms with van der Waals surface area (Å²) in [6.07, 6.45) is 1.66. The zero-order valence-electron chi connectivity index (χ0n) is 7.90. The Balaban J connectivity index is 2.02. The molecule has 5 heteroatoms. The van der Waals surface area contributed by atoms with Crippen LogP contribution in [0.5, 0.6) is 5.75 Å². The largest absolute Gasteiger partial charge is 0.489 e. The standard InChI is InChI=1S/C10H10BrN3O/c11-8-2-1-3-9(4-8)15-6-7-5-13-14-10(7)12/h1-5H,6H2,(H3,12,13,14). The van der Waals surface area contributed by atoms with E-state index in [0.717, 1.165) is 15.8 Å². The normalized spacial score (nSPS) is 10.2. The lowest BCUT2D eigenvalue weighted by Gasteiger charge is -2.05. The number of halogens is 1. The average molecular weight is 268 g/mol. The summed E-state index contributed by atoms with van der Waals surface area (Å²) in [5.41, 5.74) is 6.48. The fourth-order valence-corrected chi connectivity index (χ4v) is 1.53. The molecule has 0 fully saturated rings. The summed E-state index contributed by atoms with van der Waals surface area (Å²) in [6, 6.07) is 7.65. The molecule has 0 unspecified atom stereocenters. The van der Waals surface area contributed by atoms with Crippen LogP contribution in [0, 0.1) is 0 Å². The van der Waals surface area contributed by atoms with E-state index in [4.69, 9.17) is 10.5 Å². The lowest BCUT2D eigenvalue weighted by molar-refractivity contribution is 0.307. The van der Waals surface area contributed by atoms with Crippen LogP contribution in [0.25, 0.3) is 0 Å². The van der Waals surface area contributed by atoms with Gasteiger partial charge in [-0.05, 0) is 18.2 Å². The number of aromatic nitrogens is 2. The van der Waals surface area contributed by atoms with Crippen LogP contribution in [0.4, 0.5) is 5.82 Å². The fourth-order valence-electron chi connectivity index (χ4n) is 1.15. The zero-order valence-corrected chi connectivity index (χ0v) is 9.49. The van der Waals surface area contributed by atoms with Crippen molar-refractivity contribution in [2.75, 3.05) is 5.73 Å². The number of nitrogens with one attached hydrogen (secondary N) is 1. The van der Waals surface area contributed by atoms with Crippen LogP contribution in [-0.4, -0.2) is 10.2 Å². The third-order valence-electron chi connectivity index (χ3n) is 1.94. The third kappa shape index (κ3) is 2.50. The first-order valence-corrected chi connectivity index (χ1v) is 5.21. The monoisotopic (exact) mass is 267 g/mol. The van der Waals surface area contributed by atoms with E-state index in [-0.39, 0.29) is 0 Å². The van der Waals surface area contributed by atoms with E-state index in [9.17, 15) is 0 Å². The van der Waals surface area contributed by atoms with Crippen molar-refractivity contribution in [1.82, 2.24) is 10.2 Å². The molecule has 15 heavy (non-hydrogen) atoms. The van der Waals surface area contributed by atoms with Crippen LogP contribution in [-0.2, 0) is 6.61 Å². The molecular formula is C10H10BrN3O. The van der Waals surface area contributed by atoms with Crippen molar-refractivity contribution in [2.24, 2.45) is 0 Å². The van der Waals surface area contributed by atoms with E-state index < -0.39 is 0 Å². The van der Waals surface area contributed by atoms with Crippen LogP contribution in [0.15, 0.2) is 34.9 Å². The summed E-state index contributed by atoms with van der Waals surface area (Å²) in [4.78, 5) is 0. The van der Waals surface area contributed by atoms with E-state index in [0.29, 0.717) is 12.4 Å². The average Bonchev–Trinajstić information content (AvgIpc) is 2.61. The van der Waals surface area contributed by atoms with Crippen LogP contribution >= 0.6 is 15.9 Å². The first-order valence-electron chi connectivity index (χ1n) is 4.42. The number of anilines is 1. The quantitative estimate of drug-likeness (QED) is 0.897. The molecule has 2 aromatic rings. The summed E-state index contributed by atoms with van der Waals surface area (Å²) in [6.45, 7) is 0.415. The second kappa shape index (κ2) is 4.35. The highest BCUT2D eigenvalue weighted by atomic mass is 79.9. The van der Waals surface area contributed by atoms with Gasteiger partial charge in [-0.3, -0.25) is 5.10 Å². The van der Waals surface area contributed by atoms with E-state index >= 15 is 0 Å². The van der Waals surface area contributed by atoms with Crippen LogP contribution in [0.3, 0.4) is 0 Å². The van der Waals surface area contributed by atoms with Gasteiger partial charge in [0.25, 0.3) is 0 Å². The van der Waals surface area contributed by atoms with Crippen LogP contribution in [0.2, 0.25) is 0 Å². The molecule has 0 radical (unpaired) electrons. The highest BCUT2D eigenvalue weighted by molar-refractivity contribution is 9.10. The predicted molar refractivity (Wildman–Crippen MR) is 61.5 cm³/mol. The molecule has 0 aliphatic rings. The van der Waals surface area contributed by atoms with E-state index in [2.05, 4.69) is 26.1 Å². The molecule has 4 nitrogen and oxygen atoms in total. The van der Waals surface area contributed by atoms with E-state index in [1.165, 1.54) is 0 Å². The van der Waals surface area contributed by atoms with E-state index in [1.807, 2.05) is 24.3 Å². The topological polar surface area (TPSA) is 63.9 Å². The molecule has 0 aliphatic carbocycles. The van der Waals surface area contributed by atoms with Crippen molar-refractivity contribution in [3.8, 4) is 5.75 Å². The minimum absolute atomic E-state index is 0.415. The van der Waals surface area contributed by atoms with Crippen LogP contribution in [0.1, 0.15) is 5.56 Å². The minimum Gasteiger partial charge on any atom is -0.489 e. The molecule has 1 aromatic carbocycles. The number of benzene rings is 1. The van der Waals surface area contributed by atoms with Gasteiger partial charge in [-0.15, -0.1) is 0 Å². The highest BCUT2D eigenvalue weighted by Gasteiger charge is 2.02. The molecule has 0 spiro atoms. The second-order valence-corrected chi connectivity index (χ2v) is 3.97. The zero-order chi connectivity index (χ0) is 10.7. The van der Waals surface area contributed by atoms with Gasteiger partial charge in [-0.2, -0.15) is 5.10 Å². The Bertz CT molecular complexity index is 455. The molecule has 0 saturated carbocycles. The summed E-state index contributed by atoms with van der Waals surface area (Å²) in [5, 5.41) is 6.47. The maximum atomic E-state index is 5.63. The Kier molecular flexibility index (Phi) is 2.91. The number of rotatable bonds is 3. The molecule has 0 saturated heterocycles. The van der Waals surface area contributed by atoms with Crippen molar-refractivity contribution in [2.45, 2.75) is 6.61 Å². The maximum absolute atomic E-state index is 5.63. The summed E-state index contributed by atoms with van der Waals surface area (Å²) in [5.74, 6) is 1.34. The number of nitrogen functional groups attached to an aromatic ring is 1. The van der Waals surface area contributed by atoms with Gasteiger partial charge in [0.2, 0.25) is 0 Å². The first-order chi connectivity index (χ1) is 7.25. The van der Waals surface area contributed by atoms with Gasteiger partial charge in [0.15, 0.2) is 0 Å². The molecule has 0 bridgehead atoms. The molecule has 2 rings (SSSR count). The number of hydrogen-bond donors (Lipinski definition) is 2. The van der Waals surface area contributed by atoms with Crippen molar-refractivity contribution >= 4 is 21.7 Å². The Hall–Kier alpha value is -1.49. The predicted octanol–water partition coefficient (Wildman–Crippen LogP) is 2.33. The highest BCUT2D eigenvalue weighted by Crippen LogP contribution is 2.19. The van der Waals surface area contributed by atoms with Gasteiger partial charge < -0.3 is 10.5 Å². The lowest BCUT2D eigenvalue weighted by Crippen LogP contribution is -1.97. The van der Waals surface area contributed by atoms with E-state index in [1.54, 1.807) is 6.20 Å². The van der Waals surface area contributed by atoms with Crippen LogP contribution < -0.4 is 10.5 Å². The third-order valence-corrected chi connectivity index (χ3v) is 2.44. The van der Waals surface area contributed by atoms with Gasteiger partial charge in [-0.1, -0.05) is 22.0 Å². The molecular weight excluding hydrogens is 258 g/mol. The number of ether oxygens (including phenoxy) is 1. The molecule has 78 valence electrons. The second-order valence-electron chi connectivity index (χ2n) is 3.05. The molecule has 1 aromatic heterocycles. The van der Waals surface area contributed by atoms with Gasteiger partial charge >= 0.3 is 0 Å². The maximum Gasteiger partial charge on any atom is 0.125 e. The molecule has 0 aliphatic heterocycles. The molecule has 0 atom stereocenters. The Morgan fingerprint density at radius 2 is 2.33 bits per heavy atom. The number of hydrogen-bond acceptors (Lipinski definition) is 3. The summed E-state index contributed by atoms with van der Waals surface area (Å²) >= 11 is 3.37. The Morgan fingerprint density at radius 1 is 1.47 bits per heavy atom. The Morgan fingerprint density at radius 3 is 3.00 bits per heavy atom. The Labute approximate surface area is 95.6 Å². The molecule has 0 amide bonds. The minimum atomic E-state index is 0.415. The number of nitrogens with two attached hydrogens (primary N) is 1. The first kappa shape index (κ1) is 10.0. The van der Waals surface area contributed by atoms with Crippen molar-refractivity contribution < 1.29 is 4.74 Å². The number of nitrogens with zero attached hydrogens (tertiary/aromatic N) is 1. The van der Waals surface area contributed by atoms with Crippen molar-refractivity contribution in [3.05, 3.63) is 40.5 Å². The molecule has 1 heterocycles. The van der Waals surface area contributed by atoms with Gasteiger partial charge in [0.1, 0.15) is 18.2 Å². The smallest absolute Gasteiger partial charge is 0.125 e. The van der Waals surface area contributed by atoms with Gasteiger partial charge in [0, 0.05) is 4.47 Å². The van der Waals surface area contributed by atoms with Gasteiger partial charge in [-0.25, -0.2) is 0 Å².